The Kier molecular flexibility index (Phi) is 6.02. The molecule has 3 N–H and O–H groups in total. The number of hydrogen-bond donors (Lipinski definition) is 2. The van der Waals surface area contributed by atoms with Crippen LogP contribution in [0.1, 0.15) is 30.1 Å². The first-order chi connectivity index (χ1) is 9.12. The molecule has 0 saturated carbocycles. The van der Waals surface area contributed by atoms with Gasteiger partial charge in [-0.15, -0.1) is 0 Å². The van der Waals surface area contributed by atoms with Gasteiger partial charge in [0.1, 0.15) is 0 Å². The zero-order chi connectivity index (χ0) is 14.3. The third-order valence-corrected chi connectivity index (χ3v) is 2.87. The molecule has 0 saturated heterocycles. The van der Waals surface area contributed by atoms with Gasteiger partial charge >= 0.3 is 5.97 Å². The molecule has 1 aromatic carbocycles. The number of nitrogens with two attached hydrogens (primary N) is 1. The van der Waals surface area contributed by atoms with Gasteiger partial charge in [0.25, 0.3) is 0 Å². The molecule has 1 amide bonds. The number of carbonyl (C=O) groups excluding carboxylic acids is 2. The Morgan fingerprint density at radius 3 is 2.42 bits per heavy atom. The molecule has 5 nitrogen and oxygen atoms in total. The summed E-state index contributed by atoms with van der Waals surface area (Å²) >= 11 is 0. The van der Waals surface area contributed by atoms with E-state index < -0.39 is 5.97 Å². The van der Waals surface area contributed by atoms with Gasteiger partial charge in [-0.1, -0.05) is 13.3 Å². The van der Waals surface area contributed by atoms with Crippen molar-refractivity contribution >= 4 is 17.6 Å². The minimum Gasteiger partial charge on any atom is -0.465 e. The van der Waals surface area contributed by atoms with Gasteiger partial charge in [0.15, 0.2) is 0 Å². The molecule has 0 fully saturated rings. The van der Waals surface area contributed by atoms with Gasteiger partial charge < -0.3 is 15.8 Å². The van der Waals surface area contributed by atoms with Crippen LogP contribution in [-0.2, 0) is 9.53 Å². The van der Waals surface area contributed by atoms with Crippen LogP contribution in [0.2, 0.25) is 0 Å². The Hall–Kier alpha value is -1.88. The maximum absolute atomic E-state index is 11.9. The second-order valence-electron chi connectivity index (χ2n) is 4.28. The molecule has 0 aliphatic heterocycles. The summed E-state index contributed by atoms with van der Waals surface area (Å²) < 4.78 is 4.60. The Morgan fingerprint density at radius 2 is 1.95 bits per heavy atom. The molecule has 0 aliphatic rings. The van der Waals surface area contributed by atoms with Gasteiger partial charge in [0.05, 0.1) is 18.6 Å². The smallest absolute Gasteiger partial charge is 0.337 e. The quantitative estimate of drug-likeness (QED) is 0.767. The van der Waals surface area contributed by atoms with E-state index in [0.29, 0.717) is 17.8 Å². The first kappa shape index (κ1) is 15.2. The highest BCUT2D eigenvalue weighted by Crippen LogP contribution is 2.13. The van der Waals surface area contributed by atoms with Crippen molar-refractivity contribution < 1.29 is 14.3 Å². The maximum Gasteiger partial charge on any atom is 0.337 e. The summed E-state index contributed by atoms with van der Waals surface area (Å²) in [7, 11) is 1.33. The van der Waals surface area contributed by atoms with E-state index in [4.69, 9.17) is 5.73 Å². The van der Waals surface area contributed by atoms with Gasteiger partial charge in [-0.25, -0.2) is 4.79 Å². The van der Waals surface area contributed by atoms with Crippen LogP contribution in [0.15, 0.2) is 24.3 Å². The summed E-state index contributed by atoms with van der Waals surface area (Å²) in [5.41, 5.74) is 6.67. The van der Waals surface area contributed by atoms with E-state index in [-0.39, 0.29) is 11.8 Å². The Labute approximate surface area is 113 Å². The van der Waals surface area contributed by atoms with Crippen LogP contribution in [0, 0.1) is 5.92 Å². The van der Waals surface area contributed by atoms with Crippen molar-refractivity contribution in [2.75, 3.05) is 19.0 Å². The summed E-state index contributed by atoms with van der Waals surface area (Å²) in [5, 5.41) is 2.79. The topological polar surface area (TPSA) is 81.4 Å². The van der Waals surface area contributed by atoms with Crippen molar-refractivity contribution in [3.63, 3.8) is 0 Å². The Morgan fingerprint density at radius 1 is 1.32 bits per heavy atom. The first-order valence-corrected chi connectivity index (χ1v) is 6.31. The number of ether oxygens (including phenoxy) is 1. The van der Waals surface area contributed by atoms with Crippen LogP contribution >= 0.6 is 0 Å². The van der Waals surface area contributed by atoms with E-state index in [1.807, 2.05) is 6.92 Å². The first-order valence-electron chi connectivity index (χ1n) is 6.31. The average molecular weight is 264 g/mol. The molecule has 104 valence electrons. The van der Waals surface area contributed by atoms with Crippen molar-refractivity contribution in [3.05, 3.63) is 29.8 Å². The lowest BCUT2D eigenvalue weighted by molar-refractivity contribution is -0.119. The standard InChI is InChI=1S/C14H20N2O3/c1-3-4-11(9-15)13(17)16-12-7-5-10(6-8-12)14(18)19-2/h5-8,11H,3-4,9,15H2,1-2H3,(H,16,17). The molecule has 0 spiro atoms. The fourth-order valence-electron chi connectivity index (χ4n) is 1.76. The Bertz CT molecular complexity index is 429. The van der Waals surface area contributed by atoms with Crippen LogP contribution in [-0.4, -0.2) is 25.5 Å². The predicted molar refractivity (Wildman–Crippen MR) is 73.9 cm³/mol. The number of esters is 1. The molecular weight excluding hydrogens is 244 g/mol. The van der Waals surface area contributed by atoms with Crippen LogP contribution < -0.4 is 11.1 Å². The molecule has 1 rings (SSSR count). The summed E-state index contributed by atoms with van der Waals surface area (Å²) in [6.07, 6.45) is 1.68. The molecule has 1 unspecified atom stereocenters. The number of benzene rings is 1. The van der Waals surface area contributed by atoms with E-state index in [1.54, 1.807) is 24.3 Å². The highest BCUT2D eigenvalue weighted by atomic mass is 16.5. The zero-order valence-corrected chi connectivity index (χ0v) is 11.3. The van der Waals surface area contributed by atoms with Crippen LogP contribution in [0.25, 0.3) is 0 Å². The van der Waals surface area contributed by atoms with Crippen molar-refractivity contribution in [3.8, 4) is 0 Å². The van der Waals surface area contributed by atoms with E-state index in [9.17, 15) is 9.59 Å². The zero-order valence-electron chi connectivity index (χ0n) is 11.3. The second-order valence-corrected chi connectivity index (χ2v) is 4.28. The molecule has 5 heteroatoms. The van der Waals surface area contributed by atoms with Crippen molar-refractivity contribution in [1.82, 2.24) is 0 Å². The van der Waals surface area contributed by atoms with Crippen molar-refractivity contribution in [1.29, 1.82) is 0 Å². The summed E-state index contributed by atoms with van der Waals surface area (Å²) in [6.45, 7) is 2.35. The van der Waals surface area contributed by atoms with Gasteiger partial charge in [0, 0.05) is 12.2 Å². The number of methoxy groups -OCH3 is 1. The number of carbonyl (C=O) groups is 2. The van der Waals surface area contributed by atoms with Gasteiger partial charge in [-0.05, 0) is 30.7 Å². The predicted octanol–water partition coefficient (Wildman–Crippen LogP) is 1.79. The van der Waals surface area contributed by atoms with Crippen LogP contribution in [0.5, 0.6) is 0 Å². The molecule has 0 heterocycles. The van der Waals surface area contributed by atoms with E-state index >= 15 is 0 Å². The number of anilines is 1. The largest absolute Gasteiger partial charge is 0.465 e. The highest BCUT2D eigenvalue weighted by molar-refractivity contribution is 5.94. The highest BCUT2D eigenvalue weighted by Gasteiger charge is 2.15. The van der Waals surface area contributed by atoms with Crippen LogP contribution in [0.3, 0.4) is 0 Å². The summed E-state index contributed by atoms with van der Waals surface area (Å²) in [4.78, 5) is 23.2. The molecule has 1 atom stereocenters. The van der Waals surface area contributed by atoms with Crippen molar-refractivity contribution in [2.24, 2.45) is 11.7 Å². The van der Waals surface area contributed by atoms with Gasteiger partial charge in [0.2, 0.25) is 5.91 Å². The second kappa shape index (κ2) is 7.53. The lowest BCUT2D eigenvalue weighted by Crippen LogP contribution is -2.29. The lowest BCUT2D eigenvalue weighted by Gasteiger charge is -2.14. The minimum atomic E-state index is -0.399. The molecule has 0 aromatic heterocycles. The maximum atomic E-state index is 11.9. The minimum absolute atomic E-state index is 0.0878. The average Bonchev–Trinajstić information content (AvgIpc) is 2.44. The Balaban J connectivity index is 2.67. The fraction of sp³-hybridized carbons (Fsp3) is 0.429. The molecule has 1 aromatic rings. The number of rotatable bonds is 6. The number of hydrogen-bond acceptors (Lipinski definition) is 4. The third kappa shape index (κ3) is 4.37. The van der Waals surface area contributed by atoms with Gasteiger partial charge in [-0.3, -0.25) is 4.79 Å². The van der Waals surface area contributed by atoms with Gasteiger partial charge in [-0.2, -0.15) is 0 Å². The van der Waals surface area contributed by atoms with E-state index in [1.165, 1.54) is 7.11 Å². The fourth-order valence-corrected chi connectivity index (χ4v) is 1.76. The SMILES string of the molecule is CCCC(CN)C(=O)Nc1ccc(C(=O)OC)cc1. The summed E-state index contributed by atoms with van der Waals surface area (Å²) in [5.74, 6) is -0.663. The van der Waals surface area contributed by atoms with E-state index in [0.717, 1.165) is 12.8 Å². The molecule has 19 heavy (non-hydrogen) atoms. The number of amides is 1. The number of nitrogens with one attached hydrogen (secondary N) is 1. The summed E-state index contributed by atoms with van der Waals surface area (Å²) in [6, 6.07) is 6.56. The van der Waals surface area contributed by atoms with Crippen molar-refractivity contribution in [2.45, 2.75) is 19.8 Å². The van der Waals surface area contributed by atoms with Crippen LogP contribution in [0.4, 0.5) is 5.69 Å². The third-order valence-electron chi connectivity index (χ3n) is 2.87. The normalized spacial score (nSPS) is 11.7. The molecular formula is C14H20N2O3. The molecule has 0 bridgehead atoms. The van der Waals surface area contributed by atoms with E-state index in [2.05, 4.69) is 10.1 Å². The monoisotopic (exact) mass is 264 g/mol. The molecule has 0 aliphatic carbocycles. The lowest BCUT2D eigenvalue weighted by atomic mass is 10.0. The molecule has 0 radical (unpaired) electrons.